The van der Waals surface area contributed by atoms with Crippen LogP contribution >= 0.6 is 0 Å². The monoisotopic (exact) mass is 238 g/mol. The van der Waals surface area contributed by atoms with Gasteiger partial charge in [-0.25, -0.2) is 0 Å². The Hall–Kier alpha value is -0.570. The number of nitrogens with one attached hydrogen (secondary N) is 2. The van der Waals surface area contributed by atoms with Crippen LogP contribution in [0.25, 0.3) is 0 Å². The van der Waals surface area contributed by atoms with Gasteiger partial charge in [0.1, 0.15) is 0 Å². The van der Waals surface area contributed by atoms with E-state index in [1.807, 2.05) is 0 Å². The van der Waals surface area contributed by atoms with E-state index in [4.69, 9.17) is 0 Å². The van der Waals surface area contributed by atoms with Crippen molar-refractivity contribution in [2.75, 3.05) is 13.1 Å². The molecule has 3 heteroatoms. The number of rotatable bonds is 4. The fourth-order valence-electron chi connectivity index (χ4n) is 3.12. The molecular formula is C14H26N2O. The zero-order chi connectivity index (χ0) is 12.3. The van der Waals surface area contributed by atoms with Crippen LogP contribution in [0.4, 0.5) is 0 Å². The molecule has 1 aliphatic carbocycles. The van der Waals surface area contributed by atoms with Crippen LogP contribution in [-0.4, -0.2) is 25.0 Å². The molecule has 0 aromatic heterocycles. The van der Waals surface area contributed by atoms with Gasteiger partial charge in [-0.2, -0.15) is 0 Å². The summed E-state index contributed by atoms with van der Waals surface area (Å²) in [6.07, 6.45) is 7.13. The van der Waals surface area contributed by atoms with E-state index in [-0.39, 0.29) is 11.8 Å². The first kappa shape index (κ1) is 12.9. The predicted molar refractivity (Wildman–Crippen MR) is 69.8 cm³/mol. The van der Waals surface area contributed by atoms with Crippen molar-refractivity contribution in [1.82, 2.24) is 10.6 Å². The van der Waals surface area contributed by atoms with Crippen LogP contribution in [0.2, 0.25) is 0 Å². The zero-order valence-corrected chi connectivity index (χ0v) is 11.2. The topological polar surface area (TPSA) is 41.1 Å². The number of piperidine rings is 1. The molecule has 2 rings (SSSR count). The molecule has 98 valence electrons. The third kappa shape index (κ3) is 3.01. The van der Waals surface area contributed by atoms with E-state index in [1.54, 1.807) is 0 Å². The lowest BCUT2D eigenvalue weighted by Crippen LogP contribution is -2.46. The quantitative estimate of drug-likeness (QED) is 0.787. The fourth-order valence-corrected chi connectivity index (χ4v) is 3.12. The third-order valence-corrected chi connectivity index (χ3v) is 4.80. The summed E-state index contributed by atoms with van der Waals surface area (Å²) in [5.74, 6) is 0.526. The molecule has 2 fully saturated rings. The van der Waals surface area contributed by atoms with Gasteiger partial charge < -0.3 is 10.6 Å². The largest absolute Gasteiger partial charge is 0.355 e. The first-order valence-corrected chi connectivity index (χ1v) is 7.16. The van der Waals surface area contributed by atoms with Gasteiger partial charge in [0, 0.05) is 18.5 Å². The van der Waals surface area contributed by atoms with Crippen molar-refractivity contribution in [3.05, 3.63) is 0 Å². The summed E-state index contributed by atoms with van der Waals surface area (Å²) >= 11 is 0. The van der Waals surface area contributed by atoms with Gasteiger partial charge in [-0.15, -0.1) is 0 Å². The summed E-state index contributed by atoms with van der Waals surface area (Å²) in [7, 11) is 0. The van der Waals surface area contributed by atoms with Crippen LogP contribution < -0.4 is 10.6 Å². The standard InChI is InChI=1S/C14H26N2O/c1-3-14(6-4-7-14)10-16-13(17)12-5-8-15-11(2)9-12/h11-12,15H,3-10H2,1-2H3,(H,16,17). The van der Waals surface area contributed by atoms with Gasteiger partial charge in [-0.3, -0.25) is 4.79 Å². The molecule has 2 unspecified atom stereocenters. The molecule has 0 aromatic carbocycles. The Labute approximate surface area is 105 Å². The van der Waals surface area contributed by atoms with Crippen LogP contribution in [0.1, 0.15) is 52.4 Å². The highest BCUT2D eigenvalue weighted by Crippen LogP contribution is 2.43. The Morgan fingerprint density at radius 1 is 1.47 bits per heavy atom. The minimum absolute atomic E-state index is 0.236. The van der Waals surface area contributed by atoms with Crippen molar-refractivity contribution >= 4 is 5.91 Å². The summed E-state index contributed by atoms with van der Waals surface area (Å²) in [4.78, 5) is 12.1. The molecule has 1 amide bonds. The molecule has 3 nitrogen and oxygen atoms in total. The molecule has 2 atom stereocenters. The average Bonchev–Trinajstić information content (AvgIpc) is 2.28. The lowest BCUT2D eigenvalue weighted by atomic mass is 9.67. The average molecular weight is 238 g/mol. The van der Waals surface area contributed by atoms with Gasteiger partial charge in [0.25, 0.3) is 0 Å². The van der Waals surface area contributed by atoms with E-state index >= 15 is 0 Å². The lowest BCUT2D eigenvalue weighted by molar-refractivity contribution is -0.127. The SMILES string of the molecule is CCC1(CNC(=O)C2CCNC(C)C2)CCC1. The van der Waals surface area contributed by atoms with Crippen LogP contribution in [-0.2, 0) is 4.79 Å². The van der Waals surface area contributed by atoms with Gasteiger partial charge in [-0.05, 0) is 51.0 Å². The molecule has 17 heavy (non-hydrogen) atoms. The minimum Gasteiger partial charge on any atom is -0.355 e. The molecule has 2 aliphatic rings. The fraction of sp³-hybridized carbons (Fsp3) is 0.929. The van der Waals surface area contributed by atoms with E-state index in [0.717, 1.165) is 25.9 Å². The van der Waals surface area contributed by atoms with Crippen LogP contribution in [0.5, 0.6) is 0 Å². The van der Waals surface area contributed by atoms with Crippen LogP contribution in [0.3, 0.4) is 0 Å². The highest BCUT2D eigenvalue weighted by atomic mass is 16.1. The van der Waals surface area contributed by atoms with E-state index in [2.05, 4.69) is 24.5 Å². The molecule has 0 spiro atoms. The van der Waals surface area contributed by atoms with E-state index < -0.39 is 0 Å². The number of amides is 1. The van der Waals surface area contributed by atoms with E-state index in [9.17, 15) is 4.79 Å². The molecule has 1 aliphatic heterocycles. The third-order valence-electron chi connectivity index (χ3n) is 4.80. The maximum atomic E-state index is 12.1. The summed E-state index contributed by atoms with van der Waals surface area (Å²) in [5, 5.41) is 6.59. The Morgan fingerprint density at radius 2 is 2.24 bits per heavy atom. The van der Waals surface area contributed by atoms with E-state index in [0.29, 0.717) is 11.5 Å². The molecular weight excluding hydrogens is 212 g/mol. The second-order valence-corrected chi connectivity index (χ2v) is 6.00. The second-order valence-electron chi connectivity index (χ2n) is 6.00. The van der Waals surface area contributed by atoms with Crippen molar-refractivity contribution in [2.45, 2.75) is 58.4 Å². The Morgan fingerprint density at radius 3 is 2.76 bits per heavy atom. The summed E-state index contributed by atoms with van der Waals surface area (Å²) in [5.41, 5.74) is 0.439. The zero-order valence-electron chi connectivity index (χ0n) is 11.2. The van der Waals surface area contributed by atoms with Crippen molar-refractivity contribution in [1.29, 1.82) is 0 Å². The highest BCUT2D eigenvalue weighted by molar-refractivity contribution is 5.78. The lowest BCUT2D eigenvalue weighted by Gasteiger charge is -2.41. The van der Waals surface area contributed by atoms with Gasteiger partial charge >= 0.3 is 0 Å². The van der Waals surface area contributed by atoms with Crippen molar-refractivity contribution in [3.63, 3.8) is 0 Å². The molecule has 1 saturated heterocycles. The molecule has 0 radical (unpaired) electrons. The van der Waals surface area contributed by atoms with Crippen molar-refractivity contribution in [3.8, 4) is 0 Å². The normalized spacial score (nSPS) is 31.6. The second kappa shape index (κ2) is 5.38. The van der Waals surface area contributed by atoms with Crippen molar-refractivity contribution < 1.29 is 4.79 Å². The Balaban J connectivity index is 1.76. The first-order chi connectivity index (χ1) is 8.15. The Bertz CT molecular complexity index is 268. The van der Waals surface area contributed by atoms with Gasteiger partial charge in [-0.1, -0.05) is 13.3 Å². The smallest absolute Gasteiger partial charge is 0.223 e. The maximum Gasteiger partial charge on any atom is 0.223 e. The predicted octanol–water partition coefficient (Wildman–Crippen LogP) is 2.07. The molecule has 1 heterocycles. The molecule has 0 aromatic rings. The summed E-state index contributed by atoms with van der Waals surface area (Å²) in [6, 6.07) is 0.489. The first-order valence-electron chi connectivity index (χ1n) is 7.16. The highest BCUT2D eigenvalue weighted by Gasteiger charge is 2.36. The number of hydrogen-bond acceptors (Lipinski definition) is 2. The summed E-state index contributed by atoms with van der Waals surface area (Å²) in [6.45, 7) is 6.30. The van der Waals surface area contributed by atoms with Gasteiger partial charge in [0.05, 0.1) is 0 Å². The van der Waals surface area contributed by atoms with Crippen molar-refractivity contribution in [2.24, 2.45) is 11.3 Å². The van der Waals surface area contributed by atoms with Crippen LogP contribution in [0.15, 0.2) is 0 Å². The molecule has 0 bridgehead atoms. The molecule has 2 N–H and O–H groups in total. The Kier molecular flexibility index (Phi) is 4.08. The number of hydrogen-bond donors (Lipinski definition) is 2. The van der Waals surface area contributed by atoms with Crippen LogP contribution in [0, 0.1) is 11.3 Å². The summed E-state index contributed by atoms with van der Waals surface area (Å²) < 4.78 is 0. The number of carbonyl (C=O) groups excluding carboxylic acids is 1. The maximum absolute atomic E-state index is 12.1. The molecule has 1 saturated carbocycles. The number of carbonyl (C=O) groups is 1. The van der Waals surface area contributed by atoms with Gasteiger partial charge in [0.2, 0.25) is 5.91 Å². The van der Waals surface area contributed by atoms with Gasteiger partial charge in [0.15, 0.2) is 0 Å². The van der Waals surface area contributed by atoms with E-state index in [1.165, 1.54) is 25.7 Å². The minimum atomic E-state index is 0.236.